The van der Waals surface area contributed by atoms with Crippen molar-refractivity contribution in [1.29, 1.82) is 0 Å². The summed E-state index contributed by atoms with van der Waals surface area (Å²) < 4.78 is 0. The van der Waals surface area contributed by atoms with Gasteiger partial charge in [-0.25, -0.2) is 9.97 Å². The molecule has 2 aromatic carbocycles. The lowest BCUT2D eigenvalue weighted by Gasteiger charge is -2.19. The van der Waals surface area contributed by atoms with Gasteiger partial charge in [-0.2, -0.15) is 0 Å². The molecule has 2 heterocycles. The fraction of sp³-hybridized carbons (Fsp3) is 0.217. The van der Waals surface area contributed by atoms with Gasteiger partial charge in [-0.3, -0.25) is 0 Å². The second kappa shape index (κ2) is 7.20. The number of H-pyrrole nitrogens is 1. The molecule has 4 heteroatoms. The minimum atomic E-state index is 0.183. The SMILES string of the molecule is CC(C)(C)c1ccc(CSc2ncnc3c(-c4ccccc4)c[nH]c23)cc1. The van der Waals surface area contributed by atoms with Gasteiger partial charge in [-0.15, -0.1) is 0 Å². The predicted molar refractivity (Wildman–Crippen MR) is 114 cm³/mol. The number of nitrogens with zero attached hydrogens (tertiary/aromatic N) is 2. The van der Waals surface area contributed by atoms with Crippen LogP contribution in [0.15, 0.2) is 72.1 Å². The first-order chi connectivity index (χ1) is 13.0. The van der Waals surface area contributed by atoms with Gasteiger partial charge in [0.25, 0.3) is 0 Å². The molecule has 0 saturated heterocycles. The Morgan fingerprint density at radius 3 is 2.37 bits per heavy atom. The Morgan fingerprint density at radius 1 is 0.926 bits per heavy atom. The summed E-state index contributed by atoms with van der Waals surface area (Å²) in [6.45, 7) is 6.72. The predicted octanol–water partition coefficient (Wildman–Crippen LogP) is 6.21. The molecule has 0 amide bonds. The van der Waals surface area contributed by atoms with E-state index in [1.807, 2.05) is 24.4 Å². The normalized spacial score (nSPS) is 11.8. The van der Waals surface area contributed by atoms with E-state index >= 15 is 0 Å². The lowest BCUT2D eigenvalue weighted by molar-refractivity contribution is 0.590. The number of benzene rings is 2. The smallest absolute Gasteiger partial charge is 0.124 e. The third kappa shape index (κ3) is 3.76. The molecule has 4 rings (SSSR count). The number of aromatic amines is 1. The van der Waals surface area contributed by atoms with Crippen LogP contribution in [0.4, 0.5) is 0 Å². The van der Waals surface area contributed by atoms with Gasteiger partial charge in [-0.1, -0.05) is 87.1 Å². The van der Waals surface area contributed by atoms with Crippen LogP contribution in [0.2, 0.25) is 0 Å². The molecule has 0 radical (unpaired) electrons. The van der Waals surface area contributed by atoms with E-state index in [-0.39, 0.29) is 5.41 Å². The lowest BCUT2D eigenvalue weighted by Crippen LogP contribution is -2.10. The minimum absolute atomic E-state index is 0.183. The van der Waals surface area contributed by atoms with Crippen LogP contribution in [0.1, 0.15) is 31.9 Å². The summed E-state index contributed by atoms with van der Waals surface area (Å²) in [6.07, 6.45) is 3.69. The van der Waals surface area contributed by atoms with Crippen molar-refractivity contribution in [2.75, 3.05) is 0 Å². The molecule has 2 aromatic heterocycles. The van der Waals surface area contributed by atoms with E-state index in [1.165, 1.54) is 11.1 Å². The maximum absolute atomic E-state index is 4.52. The van der Waals surface area contributed by atoms with Crippen molar-refractivity contribution in [3.05, 3.63) is 78.2 Å². The molecule has 0 fully saturated rings. The van der Waals surface area contributed by atoms with Crippen LogP contribution < -0.4 is 0 Å². The summed E-state index contributed by atoms with van der Waals surface area (Å²) in [5, 5.41) is 0.988. The summed E-state index contributed by atoms with van der Waals surface area (Å²) in [5.74, 6) is 0.885. The first-order valence-corrected chi connectivity index (χ1v) is 10.1. The molecule has 0 atom stereocenters. The summed E-state index contributed by atoms with van der Waals surface area (Å²) >= 11 is 1.74. The number of thioether (sulfide) groups is 1. The fourth-order valence-electron chi connectivity index (χ4n) is 3.12. The first-order valence-electron chi connectivity index (χ1n) is 9.12. The van der Waals surface area contributed by atoms with Gasteiger partial charge in [0.05, 0.1) is 5.52 Å². The molecule has 27 heavy (non-hydrogen) atoms. The van der Waals surface area contributed by atoms with E-state index in [0.717, 1.165) is 32.9 Å². The maximum Gasteiger partial charge on any atom is 0.124 e. The zero-order chi connectivity index (χ0) is 18.9. The van der Waals surface area contributed by atoms with E-state index in [0.29, 0.717) is 0 Å². The summed E-state index contributed by atoms with van der Waals surface area (Å²) in [6, 6.07) is 19.2. The molecule has 0 unspecified atom stereocenters. The Labute approximate surface area is 164 Å². The van der Waals surface area contributed by atoms with Crippen LogP contribution in [0.25, 0.3) is 22.2 Å². The summed E-state index contributed by atoms with van der Waals surface area (Å²) in [5.41, 5.74) is 7.10. The van der Waals surface area contributed by atoms with Crippen molar-refractivity contribution in [2.24, 2.45) is 0 Å². The quantitative estimate of drug-likeness (QED) is 0.341. The van der Waals surface area contributed by atoms with Crippen LogP contribution in [-0.4, -0.2) is 15.0 Å². The third-order valence-corrected chi connectivity index (χ3v) is 5.77. The number of nitrogens with one attached hydrogen (secondary N) is 1. The largest absolute Gasteiger partial charge is 0.357 e. The molecule has 3 nitrogen and oxygen atoms in total. The zero-order valence-corrected chi connectivity index (χ0v) is 16.7. The average molecular weight is 374 g/mol. The van der Waals surface area contributed by atoms with Gasteiger partial charge in [0.1, 0.15) is 16.9 Å². The van der Waals surface area contributed by atoms with Crippen molar-refractivity contribution in [2.45, 2.75) is 37.0 Å². The van der Waals surface area contributed by atoms with Gasteiger partial charge in [0.15, 0.2) is 0 Å². The molecule has 4 aromatic rings. The Hall–Kier alpha value is -2.59. The van der Waals surface area contributed by atoms with Crippen molar-refractivity contribution in [3.63, 3.8) is 0 Å². The third-order valence-electron chi connectivity index (χ3n) is 4.71. The lowest BCUT2D eigenvalue weighted by atomic mass is 9.87. The molecule has 0 saturated carbocycles. The number of aromatic nitrogens is 3. The summed E-state index contributed by atoms with van der Waals surface area (Å²) in [7, 11) is 0. The highest BCUT2D eigenvalue weighted by molar-refractivity contribution is 7.98. The fourth-order valence-corrected chi connectivity index (χ4v) is 4.03. The minimum Gasteiger partial charge on any atom is -0.357 e. The van der Waals surface area contributed by atoms with Gasteiger partial charge < -0.3 is 4.98 Å². The number of rotatable bonds is 4. The van der Waals surface area contributed by atoms with Crippen molar-refractivity contribution >= 4 is 22.8 Å². The highest BCUT2D eigenvalue weighted by Crippen LogP contribution is 2.32. The van der Waals surface area contributed by atoms with Crippen LogP contribution in [0.3, 0.4) is 0 Å². The highest BCUT2D eigenvalue weighted by atomic mass is 32.2. The van der Waals surface area contributed by atoms with Crippen molar-refractivity contribution in [1.82, 2.24) is 15.0 Å². The maximum atomic E-state index is 4.52. The van der Waals surface area contributed by atoms with Crippen molar-refractivity contribution in [3.8, 4) is 11.1 Å². The first kappa shape index (κ1) is 17.8. The van der Waals surface area contributed by atoms with Crippen molar-refractivity contribution < 1.29 is 0 Å². The zero-order valence-electron chi connectivity index (χ0n) is 15.9. The standard InChI is InChI=1S/C23H23N3S/c1-23(2,3)18-11-9-16(10-12-18)14-27-22-21-20(25-15-26-22)19(13-24-21)17-7-5-4-6-8-17/h4-13,15,24H,14H2,1-3H3. The molecule has 0 aliphatic rings. The average Bonchev–Trinajstić information content (AvgIpc) is 3.11. The van der Waals surface area contributed by atoms with E-state index in [4.69, 9.17) is 0 Å². The molecule has 136 valence electrons. The highest BCUT2D eigenvalue weighted by Gasteiger charge is 2.14. The summed E-state index contributed by atoms with van der Waals surface area (Å²) in [4.78, 5) is 12.4. The molecule has 1 N–H and O–H groups in total. The number of hydrogen-bond donors (Lipinski definition) is 1. The number of fused-ring (bicyclic) bond motifs is 1. The Bertz CT molecular complexity index is 1040. The monoisotopic (exact) mass is 373 g/mol. The van der Waals surface area contributed by atoms with E-state index in [2.05, 4.69) is 72.1 Å². The molecular weight excluding hydrogens is 350 g/mol. The van der Waals surface area contributed by atoms with E-state index in [1.54, 1.807) is 18.1 Å². The van der Waals surface area contributed by atoms with Gasteiger partial charge in [0.2, 0.25) is 0 Å². The molecule has 0 bridgehead atoms. The molecule has 0 spiro atoms. The Morgan fingerprint density at radius 2 is 1.67 bits per heavy atom. The van der Waals surface area contributed by atoms with Gasteiger partial charge >= 0.3 is 0 Å². The van der Waals surface area contributed by atoms with E-state index in [9.17, 15) is 0 Å². The van der Waals surface area contributed by atoms with Crippen LogP contribution >= 0.6 is 11.8 Å². The second-order valence-electron chi connectivity index (χ2n) is 7.71. The Balaban J connectivity index is 1.57. The number of hydrogen-bond acceptors (Lipinski definition) is 3. The molecule has 0 aliphatic heterocycles. The molecular formula is C23H23N3S. The second-order valence-corrected chi connectivity index (χ2v) is 8.67. The van der Waals surface area contributed by atoms with E-state index < -0.39 is 0 Å². The topological polar surface area (TPSA) is 41.6 Å². The van der Waals surface area contributed by atoms with Crippen LogP contribution in [0.5, 0.6) is 0 Å². The van der Waals surface area contributed by atoms with Crippen LogP contribution in [0, 0.1) is 0 Å². The molecule has 0 aliphatic carbocycles. The van der Waals surface area contributed by atoms with Gasteiger partial charge in [0, 0.05) is 17.5 Å². The van der Waals surface area contributed by atoms with Crippen LogP contribution in [-0.2, 0) is 11.2 Å². The van der Waals surface area contributed by atoms with Gasteiger partial charge in [-0.05, 0) is 22.1 Å². The Kier molecular flexibility index (Phi) is 4.75.